The number of amides is 1. The number of hydrogen-bond donors (Lipinski definition) is 1. The first-order valence-electron chi connectivity index (χ1n) is 8.14. The van der Waals surface area contributed by atoms with Gasteiger partial charge in [-0.2, -0.15) is 0 Å². The van der Waals surface area contributed by atoms with Gasteiger partial charge in [-0.15, -0.1) is 0 Å². The molecule has 0 spiro atoms. The number of fused-ring (bicyclic) bond motifs is 1. The Morgan fingerprint density at radius 3 is 2.78 bits per heavy atom. The molecule has 27 heavy (non-hydrogen) atoms. The van der Waals surface area contributed by atoms with E-state index in [1.807, 2.05) is 18.2 Å². The molecule has 0 saturated carbocycles. The Morgan fingerprint density at radius 2 is 1.96 bits per heavy atom. The molecule has 134 valence electrons. The van der Waals surface area contributed by atoms with Gasteiger partial charge in [-0.25, -0.2) is 9.97 Å². The van der Waals surface area contributed by atoms with E-state index >= 15 is 0 Å². The summed E-state index contributed by atoms with van der Waals surface area (Å²) >= 11 is 11.9. The zero-order valence-corrected chi connectivity index (χ0v) is 15.5. The fourth-order valence-electron chi connectivity index (χ4n) is 2.66. The highest BCUT2D eigenvalue weighted by Gasteiger charge is 2.12. The molecule has 4 rings (SSSR count). The van der Waals surface area contributed by atoms with Crippen molar-refractivity contribution in [1.29, 1.82) is 0 Å². The van der Waals surface area contributed by atoms with Gasteiger partial charge < -0.3 is 9.73 Å². The van der Waals surface area contributed by atoms with Crippen LogP contribution in [0.1, 0.15) is 15.9 Å². The second-order valence-corrected chi connectivity index (χ2v) is 6.71. The molecule has 2 aromatic carbocycles. The SMILES string of the molecule is O=C(NCc1cccc(Cl)c1)c1ccc2oc(-c3ccnc(Cl)c3)nc2c1. The number of benzene rings is 2. The summed E-state index contributed by atoms with van der Waals surface area (Å²) in [7, 11) is 0. The second kappa shape index (κ2) is 7.39. The largest absolute Gasteiger partial charge is 0.436 e. The molecular weight excluding hydrogens is 385 g/mol. The Bertz CT molecular complexity index is 1140. The van der Waals surface area contributed by atoms with Crippen LogP contribution in [0.15, 0.2) is 65.2 Å². The quantitative estimate of drug-likeness (QED) is 0.484. The molecule has 0 aliphatic heterocycles. The molecule has 1 amide bonds. The first-order chi connectivity index (χ1) is 13.1. The van der Waals surface area contributed by atoms with Crippen LogP contribution in [-0.4, -0.2) is 15.9 Å². The number of pyridine rings is 1. The number of nitrogens with zero attached hydrogens (tertiary/aromatic N) is 2. The molecule has 2 heterocycles. The Kier molecular flexibility index (Phi) is 4.79. The second-order valence-electron chi connectivity index (χ2n) is 5.88. The van der Waals surface area contributed by atoms with Crippen molar-refractivity contribution in [3.63, 3.8) is 0 Å². The fourth-order valence-corrected chi connectivity index (χ4v) is 3.05. The van der Waals surface area contributed by atoms with Crippen LogP contribution in [0.4, 0.5) is 0 Å². The molecule has 0 bridgehead atoms. The van der Waals surface area contributed by atoms with Crippen molar-refractivity contribution in [3.05, 3.63) is 82.1 Å². The lowest BCUT2D eigenvalue weighted by atomic mass is 10.2. The zero-order valence-electron chi connectivity index (χ0n) is 13.9. The van der Waals surface area contributed by atoms with Crippen molar-refractivity contribution in [2.45, 2.75) is 6.54 Å². The highest BCUT2D eigenvalue weighted by molar-refractivity contribution is 6.30. The number of carbonyl (C=O) groups is 1. The Hall–Kier alpha value is -2.89. The van der Waals surface area contributed by atoms with Gasteiger partial charge in [0.25, 0.3) is 5.91 Å². The van der Waals surface area contributed by atoms with E-state index in [9.17, 15) is 4.79 Å². The van der Waals surface area contributed by atoms with Gasteiger partial charge in [0, 0.05) is 28.9 Å². The maximum absolute atomic E-state index is 12.4. The highest BCUT2D eigenvalue weighted by Crippen LogP contribution is 2.26. The van der Waals surface area contributed by atoms with Crippen molar-refractivity contribution in [2.75, 3.05) is 0 Å². The predicted octanol–water partition coefficient (Wildman–Crippen LogP) is 5.13. The van der Waals surface area contributed by atoms with Crippen LogP contribution >= 0.6 is 23.2 Å². The van der Waals surface area contributed by atoms with Crippen molar-refractivity contribution in [2.24, 2.45) is 0 Å². The van der Waals surface area contributed by atoms with Gasteiger partial charge in [0.2, 0.25) is 5.89 Å². The summed E-state index contributed by atoms with van der Waals surface area (Å²) in [6.07, 6.45) is 1.58. The zero-order chi connectivity index (χ0) is 18.8. The molecule has 5 nitrogen and oxygen atoms in total. The van der Waals surface area contributed by atoms with Gasteiger partial charge in [0.1, 0.15) is 10.7 Å². The van der Waals surface area contributed by atoms with Crippen molar-refractivity contribution < 1.29 is 9.21 Å². The molecule has 0 radical (unpaired) electrons. The van der Waals surface area contributed by atoms with Crippen LogP contribution in [0.2, 0.25) is 10.2 Å². The first-order valence-corrected chi connectivity index (χ1v) is 8.89. The molecule has 7 heteroatoms. The van der Waals surface area contributed by atoms with E-state index in [-0.39, 0.29) is 5.91 Å². The topological polar surface area (TPSA) is 68.0 Å². The van der Waals surface area contributed by atoms with Crippen molar-refractivity contribution in [3.8, 4) is 11.5 Å². The number of carbonyl (C=O) groups excluding carboxylic acids is 1. The summed E-state index contributed by atoms with van der Waals surface area (Å²) in [5.74, 6) is 0.221. The van der Waals surface area contributed by atoms with Gasteiger partial charge in [0.15, 0.2) is 5.58 Å². The Balaban J connectivity index is 1.55. The fraction of sp³-hybridized carbons (Fsp3) is 0.0500. The number of aromatic nitrogens is 2. The van der Waals surface area contributed by atoms with Crippen LogP contribution in [0, 0.1) is 0 Å². The molecule has 4 aromatic rings. The van der Waals surface area contributed by atoms with E-state index in [4.69, 9.17) is 27.6 Å². The van der Waals surface area contributed by atoms with Crippen LogP contribution in [0.5, 0.6) is 0 Å². The van der Waals surface area contributed by atoms with Gasteiger partial charge in [-0.3, -0.25) is 4.79 Å². The van der Waals surface area contributed by atoms with Crippen molar-refractivity contribution in [1.82, 2.24) is 15.3 Å². The van der Waals surface area contributed by atoms with Crippen LogP contribution in [0.3, 0.4) is 0 Å². The van der Waals surface area contributed by atoms with Gasteiger partial charge in [-0.1, -0.05) is 35.3 Å². The number of oxazole rings is 1. The lowest BCUT2D eigenvalue weighted by molar-refractivity contribution is 0.0951. The Morgan fingerprint density at radius 1 is 1.07 bits per heavy atom. The lowest BCUT2D eigenvalue weighted by Gasteiger charge is -2.05. The summed E-state index contributed by atoms with van der Waals surface area (Å²) in [4.78, 5) is 20.8. The summed E-state index contributed by atoms with van der Waals surface area (Å²) < 4.78 is 5.74. The van der Waals surface area contributed by atoms with Crippen molar-refractivity contribution >= 4 is 40.2 Å². The summed E-state index contributed by atoms with van der Waals surface area (Å²) in [5.41, 5.74) is 3.32. The van der Waals surface area contributed by atoms with E-state index in [0.29, 0.717) is 39.3 Å². The van der Waals surface area contributed by atoms with Gasteiger partial charge >= 0.3 is 0 Å². The standard InChI is InChI=1S/C20H13Cl2N3O2/c21-15-3-1-2-12(8-15)11-24-19(26)13-4-5-17-16(9-13)25-20(27-17)14-6-7-23-18(22)10-14/h1-10H,11H2,(H,24,26). The molecule has 0 atom stereocenters. The maximum atomic E-state index is 12.4. The van der Waals surface area contributed by atoms with Gasteiger partial charge in [-0.05, 0) is 48.0 Å². The number of nitrogens with one attached hydrogen (secondary N) is 1. The average Bonchev–Trinajstić information content (AvgIpc) is 3.09. The molecule has 0 saturated heterocycles. The molecule has 2 aromatic heterocycles. The summed E-state index contributed by atoms with van der Waals surface area (Å²) in [5, 5.41) is 3.86. The van der Waals surface area contributed by atoms with Crippen LogP contribution in [-0.2, 0) is 6.54 Å². The van der Waals surface area contributed by atoms with E-state index in [2.05, 4.69) is 15.3 Å². The third-order valence-corrected chi connectivity index (χ3v) is 4.41. The minimum absolute atomic E-state index is 0.201. The monoisotopic (exact) mass is 397 g/mol. The number of halogens is 2. The third kappa shape index (κ3) is 3.94. The average molecular weight is 398 g/mol. The smallest absolute Gasteiger partial charge is 0.251 e. The summed E-state index contributed by atoms with van der Waals surface area (Å²) in [6.45, 7) is 0.386. The Labute approximate surface area is 165 Å². The lowest BCUT2D eigenvalue weighted by Crippen LogP contribution is -2.22. The molecular formula is C20H13Cl2N3O2. The molecule has 0 unspecified atom stereocenters. The molecule has 0 aliphatic carbocycles. The molecule has 0 aliphatic rings. The highest BCUT2D eigenvalue weighted by atomic mass is 35.5. The van der Waals surface area contributed by atoms with E-state index < -0.39 is 0 Å². The summed E-state index contributed by atoms with van der Waals surface area (Å²) in [6, 6.07) is 15.9. The minimum Gasteiger partial charge on any atom is -0.436 e. The molecule has 0 fully saturated rings. The normalized spacial score (nSPS) is 10.9. The molecule has 1 N–H and O–H groups in total. The minimum atomic E-state index is -0.201. The number of rotatable bonds is 4. The van der Waals surface area contributed by atoms with E-state index in [0.717, 1.165) is 11.1 Å². The predicted molar refractivity (Wildman–Crippen MR) is 105 cm³/mol. The number of hydrogen-bond acceptors (Lipinski definition) is 4. The first kappa shape index (κ1) is 17.5. The van der Waals surface area contributed by atoms with Crippen LogP contribution < -0.4 is 5.32 Å². The van der Waals surface area contributed by atoms with E-state index in [1.54, 1.807) is 42.6 Å². The third-order valence-electron chi connectivity index (χ3n) is 3.97. The van der Waals surface area contributed by atoms with Gasteiger partial charge in [0.05, 0.1) is 0 Å². The van der Waals surface area contributed by atoms with Crippen LogP contribution in [0.25, 0.3) is 22.6 Å². The maximum Gasteiger partial charge on any atom is 0.251 e. The van der Waals surface area contributed by atoms with E-state index in [1.165, 1.54) is 0 Å².